The fraction of sp³-hybridized carbons (Fsp3) is 0.620. The van der Waals surface area contributed by atoms with E-state index in [1.807, 2.05) is 54.6 Å². The van der Waals surface area contributed by atoms with Crippen molar-refractivity contribution in [2.75, 3.05) is 0 Å². The third-order valence-corrected chi connectivity index (χ3v) is 19.1. The molecule has 0 bridgehead atoms. The van der Waals surface area contributed by atoms with Gasteiger partial charge in [-0.05, 0) is 99.5 Å². The van der Waals surface area contributed by atoms with Crippen molar-refractivity contribution in [1.82, 2.24) is 55.3 Å². The van der Waals surface area contributed by atoms with E-state index in [0.29, 0.717) is 88.8 Å². The second kappa shape index (κ2) is 42.9. The van der Waals surface area contributed by atoms with Gasteiger partial charge in [0.15, 0.2) is 0 Å². The average molecular weight is 1330 g/mol. The first-order valence-corrected chi connectivity index (χ1v) is 37.2. The van der Waals surface area contributed by atoms with Crippen LogP contribution in [0.15, 0.2) is 85.0 Å². The summed E-state index contributed by atoms with van der Waals surface area (Å²) in [5.74, 6) is 9.16. The Labute approximate surface area is 580 Å². The second-order valence-corrected chi connectivity index (χ2v) is 32.9. The lowest BCUT2D eigenvalue weighted by Gasteiger charge is -2.12. The Morgan fingerprint density at radius 1 is 0.355 bits per heavy atom. The topological polar surface area (TPSA) is 145 Å². The van der Waals surface area contributed by atoms with E-state index in [1.54, 1.807) is 22.7 Å². The molecule has 1 aromatic carbocycles. The van der Waals surface area contributed by atoms with Crippen LogP contribution >= 0.6 is 34.0 Å². The Balaban J connectivity index is 0.000000532. The van der Waals surface area contributed by atoms with Gasteiger partial charge < -0.3 is 0 Å². The monoisotopic (exact) mass is 1330 g/mol. The summed E-state index contributed by atoms with van der Waals surface area (Å²) in [7, 11) is 0. The molecule has 0 aliphatic rings. The third-order valence-electron chi connectivity index (χ3n) is 14.7. The fourth-order valence-electron chi connectivity index (χ4n) is 7.71. The number of nitrogens with zero attached hydrogens (tertiary/aromatic N) is 10. The maximum atomic E-state index is 4.53. The van der Waals surface area contributed by atoms with Crippen LogP contribution in [-0.2, 0) is 5.41 Å². The van der Waals surface area contributed by atoms with Gasteiger partial charge in [0.05, 0.1) is 32.8 Å². The molecular formula is C79H129N11S3. The standard InChI is InChI=1S/C12H18.C11H17N.2C10H16N2.C9H16N2S.C9H16N2.2C9H15NS/c1-9(2)11-6-5-7-12(8-11)10(3)4;1-8(2)10-5-11(9(3)4)7-12-6-10;1-7(2)9-5-11-6-10(12-9)8(3)4;1-7(2)9-5-6-11-10(12-9)8(3)4;1-6(2)7-10-11-8(12-7)9(3,4)5;1-6(2)8-5-9(7(3)4)11-10-8;1-6(2)8-5-11-9(10-8)7(3)4;1-6(2)8-5-10-9(11-8)7(3)4/h5-10H,1-4H3;5-9H,1-4H3;2*5-8H,1-4H3;6H,1-5H3;5-7H,1-4H3,(H,10,11);2*5-7H,1-4H3. The van der Waals surface area contributed by atoms with Gasteiger partial charge in [0.25, 0.3) is 0 Å². The Bertz CT molecular complexity index is 2730. The number of pyridine rings is 1. The zero-order valence-electron chi connectivity index (χ0n) is 64.4. The number of H-pyrrole nitrogens is 1. The number of nitrogens with one attached hydrogen (secondary N) is 1. The molecule has 0 saturated heterocycles. The van der Waals surface area contributed by atoms with Crippen molar-refractivity contribution in [1.29, 1.82) is 0 Å². The minimum atomic E-state index is 0.144. The highest BCUT2D eigenvalue weighted by Crippen LogP contribution is 2.30. The molecule has 11 nitrogen and oxygen atoms in total. The lowest BCUT2D eigenvalue weighted by Crippen LogP contribution is -2.10. The van der Waals surface area contributed by atoms with Crippen molar-refractivity contribution >= 4 is 34.0 Å². The van der Waals surface area contributed by atoms with Crippen molar-refractivity contribution in [3.8, 4) is 0 Å². The molecule has 0 saturated carbocycles. The van der Waals surface area contributed by atoms with Crippen LogP contribution in [0.5, 0.6) is 0 Å². The smallest absolute Gasteiger partial charge is 0.131 e. The number of aromatic nitrogens is 11. The number of aromatic amines is 1. The van der Waals surface area contributed by atoms with Crippen LogP contribution < -0.4 is 0 Å². The number of hydrogen-bond donors (Lipinski definition) is 1. The molecule has 93 heavy (non-hydrogen) atoms. The molecule has 0 amide bonds. The van der Waals surface area contributed by atoms with Crippen LogP contribution in [0.4, 0.5) is 0 Å². The van der Waals surface area contributed by atoms with Crippen molar-refractivity contribution in [2.45, 2.75) is 323 Å². The molecule has 0 atom stereocenters. The van der Waals surface area contributed by atoms with Crippen molar-refractivity contribution in [2.24, 2.45) is 0 Å². The molecule has 7 aromatic heterocycles. The summed E-state index contributed by atoms with van der Waals surface area (Å²) in [6.07, 6.45) is 11.4. The molecule has 0 unspecified atom stereocenters. The molecule has 7 heterocycles. The highest BCUT2D eigenvalue weighted by Gasteiger charge is 2.20. The first kappa shape index (κ1) is 85.6. The summed E-state index contributed by atoms with van der Waals surface area (Å²) >= 11 is 5.34. The van der Waals surface area contributed by atoms with Gasteiger partial charge in [0.2, 0.25) is 0 Å². The molecule has 0 radical (unpaired) electrons. The van der Waals surface area contributed by atoms with E-state index in [-0.39, 0.29) is 5.41 Å². The van der Waals surface area contributed by atoms with Gasteiger partial charge in [-0.25, -0.2) is 19.9 Å². The largest absolute Gasteiger partial charge is 0.282 e. The molecule has 8 rings (SSSR count). The molecule has 1 N–H and O–H groups in total. The molecule has 518 valence electrons. The first-order chi connectivity index (χ1) is 43.2. The van der Waals surface area contributed by atoms with E-state index in [2.05, 4.69) is 326 Å². The van der Waals surface area contributed by atoms with E-state index in [1.165, 1.54) is 48.5 Å². The number of rotatable bonds is 15. The van der Waals surface area contributed by atoms with Crippen molar-refractivity contribution < 1.29 is 0 Å². The maximum absolute atomic E-state index is 4.53. The van der Waals surface area contributed by atoms with Crippen LogP contribution in [0.1, 0.15) is 404 Å². The lowest BCUT2D eigenvalue weighted by molar-refractivity contribution is 0.577. The SMILES string of the molecule is CC(C)c1cc(C(C)C)[nH]n1.CC(C)c1cccc(C(C)C)c1.CC(C)c1ccnc(C(C)C)n1.CC(C)c1cnc(C(C)C)s1.CC(C)c1cncc(C(C)C)c1.CC(C)c1cncc(C(C)C)n1.CC(C)c1csc(C(C)C)n1.CC(C)c1nnc(C(C)(C)C)s1. The Morgan fingerprint density at radius 2 is 0.817 bits per heavy atom. The summed E-state index contributed by atoms with van der Waals surface area (Å²) < 4.78 is 0. The zero-order valence-corrected chi connectivity index (χ0v) is 66.9. The molecular weight excluding hydrogens is 1200 g/mol. The molecule has 0 spiro atoms. The van der Waals surface area contributed by atoms with Gasteiger partial charge in [-0.15, -0.1) is 44.2 Å². The maximum Gasteiger partial charge on any atom is 0.131 e. The van der Waals surface area contributed by atoms with Crippen LogP contribution in [0.3, 0.4) is 0 Å². The van der Waals surface area contributed by atoms with Crippen LogP contribution in [0.2, 0.25) is 0 Å². The van der Waals surface area contributed by atoms with Gasteiger partial charge in [-0.3, -0.25) is 20.1 Å². The predicted molar refractivity (Wildman–Crippen MR) is 408 cm³/mol. The highest BCUT2D eigenvalue weighted by atomic mass is 32.1. The molecule has 8 aromatic rings. The summed E-state index contributed by atoms with van der Waals surface area (Å²) in [4.78, 5) is 31.9. The summed E-state index contributed by atoms with van der Waals surface area (Å²) in [5.41, 5.74) is 12.6. The lowest BCUT2D eigenvalue weighted by atomic mass is 9.96. The number of thiazole rings is 2. The van der Waals surface area contributed by atoms with Crippen molar-refractivity contribution in [3.63, 3.8) is 0 Å². The quantitative estimate of drug-likeness (QED) is 0.105. The third kappa shape index (κ3) is 33.2. The second-order valence-electron chi connectivity index (χ2n) is 29.9. The van der Waals surface area contributed by atoms with Crippen LogP contribution in [0, 0.1) is 0 Å². The zero-order chi connectivity index (χ0) is 71.2. The molecule has 14 heteroatoms. The normalized spacial score (nSPS) is 11.4. The van der Waals surface area contributed by atoms with Gasteiger partial charge in [0, 0.05) is 87.9 Å². The average Bonchev–Trinajstić information content (AvgIpc) is 2.26. The summed E-state index contributed by atoms with van der Waals surface area (Å²) in [6, 6.07) is 15.3. The van der Waals surface area contributed by atoms with Gasteiger partial charge >= 0.3 is 0 Å². The fourth-order valence-corrected chi connectivity index (χ4v) is 10.5. The van der Waals surface area contributed by atoms with Gasteiger partial charge in [-0.1, -0.05) is 259 Å². The molecule has 0 aliphatic carbocycles. The number of hydrogen-bond acceptors (Lipinski definition) is 13. The summed E-state index contributed by atoms with van der Waals surface area (Å²) in [6.45, 7) is 71.7. The minimum absolute atomic E-state index is 0.144. The van der Waals surface area contributed by atoms with Crippen LogP contribution in [0.25, 0.3) is 0 Å². The molecule has 0 fully saturated rings. The highest BCUT2D eigenvalue weighted by molar-refractivity contribution is 7.12. The van der Waals surface area contributed by atoms with E-state index in [9.17, 15) is 0 Å². The first-order valence-electron chi connectivity index (χ1n) is 34.7. The van der Waals surface area contributed by atoms with Crippen molar-refractivity contribution in [3.05, 3.63) is 172 Å². The van der Waals surface area contributed by atoms with E-state index < -0.39 is 0 Å². The minimum Gasteiger partial charge on any atom is -0.282 e. The van der Waals surface area contributed by atoms with Gasteiger partial charge in [-0.2, -0.15) is 5.10 Å². The van der Waals surface area contributed by atoms with Gasteiger partial charge in [0.1, 0.15) is 15.8 Å². The predicted octanol–water partition coefficient (Wildman–Crippen LogP) is 25.1. The number of benzene rings is 1. The van der Waals surface area contributed by atoms with E-state index in [4.69, 9.17) is 0 Å². The van der Waals surface area contributed by atoms with E-state index in [0.717, 1.165) is 38.6 Å². The Hall–Kier alpha value is -5.44. The van der Waals surface area contributed by atoms with E-state index >= 15 is 0 Å². The summed E-state index contributed by atoms with van der Waals surface area (Å²) in [5, 5.41) is 22.5. The molecule has 0 aliphatic heterocycles. The Kier molecular flexibility index (Phi) is 39.5. The van der Waals surface area contributed by atoms with Crippen LogP contribution in [-0.4, -0.2) is 55.3 Å². The Morgan fingerprint density at radius 3 is 1.14 bits per heavy atom.